The highest BCUT2D eigenvalue weighted by Gasteiger charge is 2.35. The molecule has 0 spiro atoms. The summed E-state index contributed by atoms with van der Waals surface area (Å²) in [6.07, 6.45) is 2.19. The van der Waals surface area contributed by atoms with Crippen LogP contribution in [0, 0.1) is 0 Å². The maximum atomic E-state index is 12.9. The van der Waals surface area contributed by atoms with Crippen molar-refractivity contribution in [3.8, 4) is 5.75 Å². The first-order chi connectivity index (χ1) is 12.2. The van der Waals surface area contributed by atoms with Crippen LogP contribution < -0.4 is 10.1 Å². The third kappa shape index (κ3) is 2.89. The van der Waals surface area contributed by atoms with Crippen LogP contribution in [-0.2, 0) is 17.9 Å². The second-order valence-corrected chi connectivity index (χ2v) is 6.71. The molecule has 0 saturated carbocycles. The quantitative estimate of drug-likeness (QED) is 0.918. The van der Waals surface area contributed by atoms with Crippen LogP contribution in [-0.4, -0.2) is 39.2 Å². The van der Waals surface area contributed by atoms with Crippen molar-refractivity contribution in [2.75, 3.05) is 13.7 Å². The van der Waals surface area contributed by atoms with Crippen LogP contribution >= 0.6 is 0 Å². The summed E-state index contributed by atoms with van der Waals surface area (Å²) in [5.41, 5.74) is 1.08. The van der Waals surface area contributed by atoms with Gasteiger partial charge in [0.05, 0.1) is 19.7 Å². The lowest BCUT2D eigenvalue weighted by Gasteiger charge is -2.32. The van der Waals surface area contributed by atoms with E-state index in [1.165, 1.54) is 0 Å². The number of rotatable bonds is 4. The number of amides is 1. The standard InChI is InChI=1S/C18H23N5O2/c1-12-18(24)22(10-13-5-7-14(25-2)8-6-13)11-16-20-21-17(23(12)16)15-4-3-9-19-15/h5-8,12,15,19H,3-4,9-11H2,1-2H3/t12-,15-/m0/s1. The molecule has 3 heterocycles. The number of fused-ring (bicyclic) bond motifs is 1. The molecule has 132 valence electrons. The molecule has 2 aromatic rings. The van der Waals surface area contributed by atoms with E-state index in [0.29, 0.717) is 13.1 Å². The number of hydrogen-bond acceptors (Lipinski definition) is 5. The molecular weight excluding hydrogens is 318 g/mol. The minimum absolute atomic E-state index is 0.113. The van der Waals surface area contributed by atoms with Gasteiger partial charge in [0.1, 0.15) is 11.8 Å². The molecule has 1 amide bonds. The fourth-order valence-corrected chi connectivity index (χ4v) is 3.72. The minimum atomic E-state index is -0.269. The Morgan fingerprint density at radius 2 is 2.08 bits per heavy atom. The molecule has 0 bridgehead atoms. The monoisotopic (exact) mass is 341 g/mol. The minimum Gasteiger partial charge on any atom is -0.497 e. The zero-order valence-electron chi connectivity index (χ0n) is 14.6. The third-order valence-corrected chi connectivity index (χ3v) is 5.09. The highest BCUT2D eigenvalue weighted by atomic mass is 16.5. The van der Waals surface area contributed by atoms with E-state index in [1.807, 2.05) is 40.7 Å². The van der Waals surface area contributed by atoms with Gasteiger partial charge in [0.25, 0.3) is 0 Å². The predicted octanol–water partition coefficient (Wildman–Crippen LogP) is 1.81. The summed E-state index contributed by atoms with van der Waals surface area (Å²) in [4.78, 5) is 14.7. The van der Waals surface area contributed by atoms with E-state index in [9.17, 15) is 4.79 Å². The SMILES string of the molecule is COc1ccc(CN2Cc3nnc([C@@H]4CCCN4)n3[C@@H](C)C2=O)cc1. The van der Waals surface area contributed by atoms with Gasteiger partial charge >= 0.3 is 0 Å². The molecule has 1 saturated heterocycles. The summed E-state index contributed by atoms with van der Waals surface area (Å²) in [5, 5.41) is 12.2. The van der Waals surface area contributed by atoms with E-state index in [0.717, 1.165) is 42.3 Å². The normalized spacial score (nSPS) is 23.0. The van der Waals surface area contributed by atoms with Crippen molar-refractivity contribution < 1.29 is 9.53 Å². The fraction of sp³-hybridized carbons (Fsp3) is 0.500. The van der Waals surface area contributed by atoms with Gasteiger partial charge in [-0.3, -0.25) is 9.36 Å². The first-order valence-electron chi connectivity index (χ1n) is 8.76. The molecule has 7 heteroatoms. The number of hydrogen-bond donors (Lipinski definition) is 1. The molecule has 1 N–H and O–H groups in total. The van der Waals surface area contributed by atoms with Gasteiger partial charge in [0, 0.05) is 6.54 Å². The number of nitrogens with zero attached hydrogens (tertiary/aromatic N) is 4. The van der Waals surface area contributed by atoms with Crippen molar-refractivity contribution in [3.63, 3.8) is 0 Å². The molecular formula is C18H23N5O2. The average Bonchev–Trinajstić information content (AvgIpc) is 3.29. The van der Waals surface area contributed by atoms with Crippen LogP contribution in [0.2, 0.25) is 0 Å². The fourth-order valence-electron chi connectivity index (χ4n) is 3.72. The first kappa shape index (κ1) is 16.1. The number of carbonyl (C=O) groups is 1. The Hall–Kier alpha value is -2.41. The Kier molecular flexibility index (Phi) is 4.17. The van der Waals surface area contributed by atoms with Crippen molar-refractivity contribution in [3.05, 3.63) is 41.5 Å². The largest absolute Gasteiger partial charge is 0.497 e. The zero-order valence-corrected chi connectivity index (χ0v) is 14.6. The van der Waals surface area contributed by atoms with E-state index in [-0.39, 0.29) is 18.0 Å². The van der Waals surface area contributed by atoms with Crippen molar-refractivity contribution in [1.82, 2.24) is 25.0 Å². The number of aromatic nitrogens is 3. The topological polar surface area (TPSA) is 72.3 Å². The van der Waals surface area contributed by atoms with Crippen LogP contribution in [0.3, 0.4) is 0 Å². The number of nitrogens with one attached hydrogen (secondary N) is 1. The van der Waals surface area contributed by atoms with Gasteiger partial charge in [-0.05, 0) is 44.0 Å². The van der Waals surface area contributed by atoms with Gasteiger partial charge < -0.3 is 15.0 Å². The summed E-state index contributed by atoms with van der Waals surface area (Å²) in [6, 6.07) is 7.76. The lowest BCUT2D eigenvalue weighted by atomic mass is 10.1. The van der Waals surface area contributed by atoms with E-state index < -0.39 is 0 Å². The molecule has 1 fully saturated rings. The predicted molar refractivity (Wildman–Crippen MR) is 92.0 cm³/mol. The molecule has 0 aliphatic carbocycles. The van der Waals surface area contributed by atoms with Crippen LogP contribution in [0.25, 0.3) is 0 Å². The van der Waals surface area contributed by atoms with Crippen molar-refractivity contribution >= 4 is 5.91 Å². The molecule has 1 aromatic carbocycles. The van der Waals surface area contributed by atoms with E-state index in [4.69, 9.17) is 4.74 Å². The molecule has 2 aliphatic heterocycles. The molecule has 25 heavy (non-hydrogen) atoms. The molecule has 0 radical (unpaired) electrons. The maximum absolute atomic E-state index is 12.9. The van der Waals surface area contributed by atoms with Crippen LogP contribution in [0.15, 0.2) is 24.3 Å². The molecule has 7 nitrogen and oxygen atoms in total. The van der Waals surface area contributed by atoms with E-state index >= 15 is 0 Å². The molecule has 4 rings (SSSR count). The number of carbonyl (C=O) groups excluding carboxylic acids is 1. The lowest BCUT2D eigenvalue weighted by molar-refractivity contribution is -0.137. The van der Waals surface area contributed by atoms with Gasteiger partial charge in [-0.1, -0.05) is 12.1 Å². The Balaban J connectivity index is 1.56. The van der Waals surface area contributed by atoms with E-state index in [2.05, 4.69) is 15.5 Å². The Morgan fingerprint density at radius 1 is 1.28 bits per heavy atom. The highest BCUT2D eigenvalue weighted by Crippen LogP contribution is 2.29. The molecule has 2 aliphatic rings. The van der Waals surface area contributed by atoms with Crippen molar-refractivity contribution in [2.24, 2.45) is 0 Å². The average molecular weight is 341 g/mol. The molecule has 0 unspecified atom stereocenters. The second kappa shape index (κ2) is 6.48. The van der Waals surface area contributed by atoms with Crippen molar-refractivity contribution in [1.29, 1.82) is 0 Å². The van der Waals surface area contributed by atoms with E-state index in [1.54, 1.807) is 7.11 Å². The summed E-state index contributed by atoms with van der Waals surface area (Å²) in [7, 11) is 1.65. The van der Waals surface area contributed by atoms with Gasteiger partial charge in [-0.2, -0.15) is 0 Å². The Morgan fingerprint density at radius 3 is 2.76 bits per heavy atom. The summed E-state index contributed by atoms with van der Waals surface area (Å²) < 4.78 is 7.21. The van der Waals surface area contributed by atoms with Crippen LogP contribution in [0.5, 0.6) is 5.75 Å². The lowest BCUT2D eigenvalue weighted by Crippen LogP contribution is -2.42. The Bertz CT molecular complexity index is 764. The Labute approximate surface area is 147 Å². The summed E-state index contributed by atoms with van der Waals surface area (Å²) in [5.74, 6) is 2.69. The maximum Gasteiger partial charge on any atom is 0.246 e. The number of ether oxygens (including phenoxy) is 1. The molecule has 2 atom stereocenters. The third-order valence-electron chi connectivity index (χ3n) is 5.09. The van der Waals surface area contributed by atoms with Gasteiger partial charge in [0.15, 0.2) is 11.6 Å². The summed E-state index contributed by atoms with van der Waals surface area (Å²) >= 11 is 0. The van der Waals surface area contributed by atoms with Gasteiger partial charge in [0.2, 0.25) is 5.91 Å². The summed E-state index contributed by atoms with van der Waals surface area (Å²) in [6.45, 7) is 4.00. The van der Waals surface area contributed by atoms with Gasteiger partial charge in [-0.15, -0.1) is 10.2 Å². The first-order valence-corrected chi connectivity index (χ1v) is 8.76. The smallest absolute Gasteiger partial charge is 0.246 e. The molecule has 1 aromatic heterocycles. The van der Waals surface area contributed by atoms with Crippen LogP contribution in [0.4, 0.5) is 0 Å². The van der Waals surface area contributed by atoms with Crippen molar-refractivity contribution in [2.45, 2.75) is 44.9 Å². The van der Waals surface area contributed by atoms with Crippen LogP contribution in [0.1, 0.15) is 49.1 Å². The number of methoxy groups -OCH3 is 1. The second-order valence-electron chi connectivity index (χ2n) is 6.71. The van der Waals surface area contributed by atoms with Gasteiger partial charge in [-0.25, -0.2) is 0 Å². The highest BCUT2D eigenvalue weighted by molar-refractivity contribution is 5.81. The number of benzene rings is 1. The zero-order chi connectivity index (χ0) is 17.4.